The van der Waals surface area contributed by atoms with Crippen molar-refractivity contribution in [1.29, 1.82) is 0 Å². The standard InChI is InChI=1S/C35H58N2O3/c1-22-13-18-35(39-21-22)23(2)31-30(40-35)20-29-27-12-11-24-19-25(36-32(38)37(5)26-9-7-6-8-10-26)14-16-33(24,3)28(27)15-17-34(29,31)4/h22-31H,6-21H2,1-5H3,(H,36,38)/t22-,23-,24+,25+,27+,28-,29-,30-,31-,33-,34-,35+/m0/s1. The molecule has 0 unspecified atom stereocenters. The first-order valence-corrected chi connectivity index (χ1v) is 17.5. The Morgan fingerprint density at radius 2 is 1.62 bits per heavy atom. The number of hydrogen-bond acceptors (Lipinski definition) is 3. The number of hydrogen-bond donors (Lipinski definition) is 1. The lowest BCUT2D eigenvalue weighted by atomic mass is 9.44. The Morgan fingerprint density at radius 1 is 0.850 bits per heavy atom. The van der Waals surface area contributed by atoms with Crippen LogP contribution in [0.2, 0.25) is 0 Å². The van der Waals surface area contributed by atoms with Crippen LogP contribution in [0.1, 0.15) is 124 Å². The second kappa shape index (κ2) is 10.1. The number of carbonyl (C=O) groups is 1. The molecule has 0 aromatic rings. The maximum atomic E-state index is 13.2. The Bertz CT molecular complexity index is 956. The summed E-state index contributed by atoms with van der Waals surface area (Å²) in [5.41, 5.74) is 0.841. The first kappa shape index (κ1) is 28.0. The first-order valence-electron chi connectivity index (χ1n) is 17.5. The van der Waals surface area contributed by atoms with E-state index in [9.17, 15) is 4.79 Å². The molecule has 7 aliphatic rings. The van der Waals surface area contributed by atoms with Gasteiger partial charge in [0.1, 0.15) is 0 Å². The molecule has 2 heterocycles. The zero-order valence-corrected chi connectivity index (χ0v) is 26.3. The third kappa shape index (κ3) is 4.24. The molecule has 2 amide bonds. The van der Waals surface area contributed by atoms with Gasteiger partial charge in [-0.2, -0.15) is 0 Å². The monoisotopic (exact) mass is 554 g/mol. The van der Waals surface area contributed by atoms with Crippen LogP contribution in [0.15, 0.2) is 0 Å². The van der Waals surface area contributed by atoms with Crippen LogP contribution in [0.5, 0.6) is 0 Å². The lowest BCUT2D eigenvalue weighted by molar-refractivity contribution is -0.273. The zero-order valence-electron chi connectivity index (χ0n) is 26.3. The van der Waals surface area contributed by atoms with Crippen LogP contribution in [0, 0.1) is 52.3 Å². The second-order valence-electron chi connectivity index (χ2n) is 16.5. The van der Waals surface area contributed by atoms with Crippen molar-refractivity contribution in [3.8, 4) is 0 Å². The third-order valence-electron chi connectivity index (χ3n) is 14.7. The molecule has 2 aliphatic heterocycles. The van der Waals surface area contributed by atoms with Crippen molar-refractivity contribution in [1.82, 2.24) is 10.2 Å². The van der Waals surface area contributed by atoms with E-state index < -0.39 is 0 Å². The summed E-state index contributed by atoms with van der Waals surface area (Å²) in [6.45, 7) is 11.0. The number of nitrogens with zero attached hydrogens (tertiary/aromatic N) is 1. The van der Waals surface area contributed by atoms with Gasteiger partial charge in [0.05, 0.1) is 12.7 Å². The maximum absolute atomic E-state index is 13.2. The van der Waals surface area contributed by atoms with Crippen molar-refractivity contribution < 1.29 is 14.3 Å². The molecule has 5 nitrogen and oxygen atoms in total. The van der Waals surface area contributed by atoms with Gasteiger partial charge in [0.15, 0.2) is 5.79 Å². The zero-order chi connectivity index (χ0) is 27.9. The molecule has 0 bridgehead atoms. The minimum Gasteiger partial charge on any atom is -0.349 e. The molecule has 7 rings (SSSR count). The average molecular weight is 555 g/mol. The Balaban J connectivity index is 1.01. The SMILES string of the molecule is C[C@H]1CC[C@@]2(OC1)O[C@H]1C[C@H]3[C@@H]4CC[C@@H]5C[C@H](NC(=O)N(C)C6CCCCC6)CC[C@]5(C)[C@H]4CC[C@]3(C)[C@H]1[C@@H]2C. The van der Waals surface area contributed by atoms with Crippen LogP contribution < -0.4 is 5.32 Å². The predicted molar refractivity (Wildman–Crippen MR) is 159 cm³/mol. The topological polar surface area (TPSA) is 50.8 Å². The number of rotatable bonds is 2. The van der Waals surface area contributed by atoms with E-state index in [1.807, 2.05) is 11.9 Å². The third-order valence-corrected chi connectivity index (χ3v) is 14.7. The highest BCUT2D eigenvalue weighted by atomic mass is 16.7. The van der Waals surface area contributed by atoms with Crippen LogP contribution in [-0.2, 0) is 9.47 Å². The molecule has 2 saturated heterocycles. The highest BCUT2D eigenvalue weighted by Gasteiger charge is 2.69. The summed E-state index contributed by atoms with van der Waals surface area (Å²) in [7, 11) is 2.03. The minimum absolute atomic E-state index is 0.184. The van der Waals surface area contributed by atoms with Crippen molar-refractivity contribution in [3.63, 3.8) is 0 Å². The van der Waals surface area contributed by atoms with Gasteiger partial charge in [0, 0.05) is 31.5 Å². The van der Waals surface area contributed by atoms with Gasteiger partial charge in [-0.25, -0.2) is 4.79 Å². The van der Waals surface area contributed by atoms with Gasteiger partial charge in [-0.3, -0.25) is 0 Å². The van der Waals surface area contributed by atoms with Gasteiger partial charge in [-0.05, 0) is 117 Å². The number of nitrogens with one attached hydrogen (secondary N) is 1. The van der Waals surface area contributed by atoms with Crippen LogP contribution >= 0.6 is 0 Å². The number of amides is 2. The molecule has 7 fully saturated rings. The summed E-state index contributed by atoms with van der Waals surface area (Å²) in [5.74, 6) is 4.80. The van der Waals surface area contributed by atoms with Crippen molar-refractivity contribution in [2.24, 2.45) is 52.3 Å². The van der Waals surface area contributed by atoms with Crippen LogP contribution in [0.4, 0.5) is 4.79 Å². The Kier molecular flexibility index (Phi) is 7.09. The molecule has 5 aliphatic carbocycles. The summed E-state index contributed by atoms with van der Waals surface area (Å²) in [4.78, 5) is 15.2. The van der Waals surface area contributed by atoms with Crippen LogP contribution in [0.3, 0.4) is 0 Å². The molecule has 5 saturated carbocycles. The normalized spacial score (nSPS) is 52.4. The Hall–Kier alpha value is -0.810. The highest BCUT2D eigenvalue weighted by molar-refractivity contribution is 5.74. The molecule has 226 valence electrons. The minimum atomic E-state index is -0.301. The van der Waals surface area contributed by atoms with Gasteiger partial charge in [0.2, 0.25) is 0 Å². The van der Waals surface area contributed by atoms with E-state index in [2.05, 4.69) is 33.0 Å². The molecule has 0 aromatic carbocycles. The summed E-state index contributed by atoms with van der Waals surface area (Å²) < 4.78 is 13.5. The van der Waals surface area contributed by atoms with E-state index in [1.165, 1.54) is 83.5 Å². The van der Waals surface area contributed by atoms with Crippen molar-refractivity contribution in [2.75, 3.05) is 13.7 Å². The summed E-state index contributed by atoms with van der Waals surface area (Å²) in [6, 6.07) is 0.982. The van der Waals surface area contributed by atoms with Gasteiger partial charge in [0.25, 0.3) is 0 Å². The molecule has 40 heavy (non-hydrogen) atoms. The number of urea groups is 1. The fraction of sp³-hybridized carbons (Fsp3) is 0.971. The molecule has 5 heteroatoms. The Morgan fingerprint density at radius 3 is 2.38 bits per heavy atom. The second-order valence-corrected chi connectivity index (χ2v) is 16.5. The molecule has 12 atom stereocenters. The average Bonchev–Trinajstić information content (AvgIpc) is 3.40. The fourth-order valence-corrected chi connectivity index (χ4v) is 12.3. The van der Waals surface area contributed by atoms with Crippen molar-refractivity contribution in [3.05, 3.63) is 0 Å². The summed E-state index contributed by atoms with van der Waals surface area (Å²) in [6.07, 6.45) is 19.4. The van der Waals surface area contributed by atoms with E-state index in [-0.39, 0.29) is 11.8 Å². The lowest BCUT2D eigenvalue weighted by Crippen LogP contribution is -2.57. The molecule has 0 radical (unpaired) electrons. The first-order chi connectivity index (χ1) is 19.1. The smallest absolute Gasteiger partial charge is 0.317 e. The largest absolute Gasteiger partial charge is 0.349 e. The van der Waals surface area contributed by atoms with E-state index in [0.717, 1.165) is 43.1 Å². The van der Waals surface area contributed by atoms with Crippen LogP contribution in [0.25, 0.3) is 0 Å². The van der Waals surface area contributed by atoms with E-state index in [0.29, 0.717) is 46.8 Å². The summed E-state index contributed by atoms with van der Waals surface area (Å²) >= 11 is 0. The van der Waals surface area contributed by atoms with Gasteiger partial charge in [-0.15, -0.1) is 0 Å². The molecular formula is C35H58N2O3. The molecule has 1 N–H and O–H groups in total. The summed E-state index contributed by atoms with van der Waals surface area (Å²) in [5, 5.41) is 3.50. The van der Waals surface area contributed by atoms with Gasteiger partial charge in [-0.1, -0.05) is 47.0 Å². The van der Waals surface area contributed by atoms with E-state index >= 15 is 0 Å². The maximum Gasteiger partial charge on any atom is 0.317 e. The quantitative estimate of drug-likeness (QED) is 0.379. The fourth-order valence-electron chi connectivity index (χ4n) is 12.3. The highest BCUT2D eigenvalue weighted by Crippen LogP contribution is 2.71. The molecule has 1 spiro atoms. The lowest BCUT2D eigenvalue weighted by Gasteiger charge is -2.61. The number of carbonyl (C=O) groups excluding carboxylic acids is 1. The predicted octanol–water partition coefficient (Wildman–Crippen LogP) is 7.78. The molecular weight excluding hydrogens is 496 g/mol. The number of ether oxygens (including phenoxy) is 2. The van der Waals surface area contributed by atoms with Crippen molar-refractivity contribution >= 4 is 6.03 Å². The van der Waals surface area contributed by atoms with Crippen LogP contribution in [-0.4, -0.2) is 48.6 Å². The van der Waals surface area contributed by atoms with E-state index in [1.54, 1.807) is 0 Å². The van der Waals surface area contributed by atoms with Gasteiger partial charge >= 0.3 is 6.03 Å². The van der Waals surface area contributed by atoms with E-state index in [4.69, 9.17) is 9.47 Å². The number of fused-ring (bicyclic) bond motifs is 7. The van der Waals surface area contributed by atoms with Gasteiger partial charge < -0.3 is 19.7 Å². The molecule has 0 aromatic heterocycles. The van der Waals surface area contributed by atoms with Crippen molar-refractivity contribution in [2.45, 2.75) is 148 Å². The Labute approximate surface area is 244 Å².